The predicted molar refractivity (Wildman–Crippen MR) is 77.2 cm³/mol. The second-order valence-electron chi connectivity index (χ2n) is 5.15. The maximum Gasteiger partial charge on any atom is 0.272 e. The van der Waals surface area contributed by atoms with Crippen LogP contribution in [-0.2, 0) is 12.8 Å². The maximum atomic E-state index is 12.1. The molecule has 1 amide bonds. The molecule has 0 spiro atoms. The lowest BCUT2D eigenvalue weighted by molar-refractivity contribution is 0.101. The lowest BCUT2D eigenvalue weighted by atomic mass is 10.1. The molecule has 2 N–H and O–H groups in total. The van der Waals surface area contributed by atoms with Gasteiger partial charge in [0.2, 0.25) is 0 Å². The van der Waals surface area contributed by atoms with E-state index in [1.165, 1.54) is 24.5 Å². The third kappa shape index (κ3) is 2.37. The minimum atomic E-state index is -0.226. The summed E-state index contributed by atoms with van der Waals surface area (Å²) in [5, 5.41) is 2.86. The van der Waals surface area contributed by atoms with Crippen LogP contribution in [0, 0.1) is 0 Å². The first-order chi connectivity index (χ1) is 9.63. The first-order valence-corrected chi connectivity index (χ1v) is 6.76. The van der Waals surface area contributed by atoms with Gasteiger partial charge >= 0.3 is 0 Å². The highest BCUT2D eigenvalue weighted by Gasteiger charge is 2.14. The fraction of sp³-hybridized carbons (Fsp3) is 0.250. The zero-order valence-corrected chi connectivity index (χ0v) is 11.3. The molecule has 0 aliphatic heterocycles. The van der Waals surface area contributed by atoms with E-state index >= 15 is 0 Å². The Kier molecular flexibility index (Phi) is 3.14. The molecule has 0 bridgehead atoms. The van der Waals surface area contributed by atoms with Crippen LogP contribution < -0.4 is 5.32 Å². The Morgan fingerprint density at radius 2 is 1.95 bits per heavy atom. The zero-order valence-electron chi connectivity index (χ0n) is 11.3. The van der Waals surface area contributed by atoms with Crippen LogP contribution in [0.3, 0.4) is 0 Å². The first-order valence-electron chi connectivity index (χ1n) is 6.76. The van der Waals surface area contributed by atoms with Crippen LogP contribution in [0.5, 0.6) is 0 Å². The first kappa shape index (κ1) is 12.7. The van der Waals surface area contributed by atoms with Crippen molar-refractivity contribution in [2.45, 2.75) is 26.2 Å². The number of carbonyl (C=O) groups is 2. The van der Waals surface area contributed by atoms with Crippen molar-refractivity contribution in [3.8, 4) is 0 Å². The standard InChI is InChI=1S/C16H16N2O2/c1-10(19)13-8-15(17-9-13)16(20)18-14-6-5-11-3-2-4-12(11)7-14/h5-9,17H,2-4H2,1H3,(H,18,20). The monoisotopic (exact) mass is 268 g/mol. The molecule has 1 aliphatic rings. The Morgan fingerprint density at radius 3 is 2.70 bits per heavy atom. The highest BCUT2D eigenvalue weighted by atomic mass is 16.2. The van der Waals surface area contributed by atoms with Crippen LogP contribution in [0.25, 0.3) is 0 Å². The second kappa shape index (κ2) is 4.96. The van der Waals surface area contributed by atoms with Gasteiger partial charge in [0.1, 0.15) is 5.69 Å². The Bertz CT molecular complexity index is 686. The van der Waals surface area contributed by atoms with Crippen LogP contribution in [0.1, 0.15) is 45.3 Å². The van der Waals surface area contributed by atoms with Crippen LogP contribution >= 0.6 is 0 Å². The van der Waals surface area contributed by atoms with Crippen molar-refractivity contribution in [1.82, 2.24) is 4.98 Å². The van der Waals surface area contributed by atoms with Gasteiger partial charge < -0.3 is 10.3 Å². The number of aryl methyl sites for hydroxylation is 2. The van der Waals surface area contributed by atoms with Gasteiger partial charge in [-0.15, -0.1) is 0 Å². The largest absolute Gasteiger partial charge is 0.356 e. The molecule has 3 rings (SSSR count). The number of amides is 1. The van der Waals surface area contributed by atoms with Crippen molar-refractivity contribution >= 4 is 17.4 Å². The Morgan fingerprint density at radius 1 is 1.15 bits per heavy atom. The zero-order chi connectivity index (χ0) is 14.1. The number of aromatic amines is 1. The lowest BCUT2D eigenvalue weighted by Gasteiger charge is -2.06. The molecular weight excluding hydrogens is 252 g/mol. The third-order valence-corrected chi connectivity index (χ3v) is 3.69. The maximum absolute atomic E-state index is 12.1. The number of Topliss-reactive ketones (excluding diaryl/α,β-unsaturated/α-hetero) is 1. The van der Waals surface area contributed by atoms with Gasteiger partial charge in [0.15, 0.2) is 5.78 Å². The molecule has 0 atom stereocenters. The number of aromatic nitrogens is 1. The molecule has 4 heteroatoms. The SMILES string of the molecule is CC(=O)c1c[nH]c(C(=O)Nc2ccc3c(c2)CCC3)c1. The summed E-state index contributed by atoms with van der Waals surface area (Å²) in [6.45, 7) is 1.48. The summed E-state index contributed by atoms with van der Waals surface area (Å²) < 4.78 is 0. The van der Waals surface area contributed by atoms with Crippen LogP contribution in [0.2, 0.25) is 0 Å². The molecule has 0 radical (unpaired) electrons. The van der Waals surface area contributed by atoms with Gasteiger partial charge in [-0.1, -0.05) is 6.07 Å². The Hall–Kier alpha value is -2.36. The summed E-state index contributed by atoms with van der Waals surface area (Å²) in [7, 11) is 0. The van der Waals surface area contributed by atoms with Gasteiger partial charge in [-0.3, -0.25) is 9.59 Å². The van der Waals surface area contributed by atoms with Crippen LogP contribution in [0.4, 0.5) is 5.69 Å². The van der Waals surface area contributed by atoms with Gasteiger partial charge in [0.25, 0.3) is 5.91 Å². The molecule has 102 valence electrons. The van der Waals surface area contributed by atoms with E-state index in [1.54, 1.807) is 12.3 Å². The minimum absolute atomic E-state index is 0.0576. The van der Waals surface area contributed by atoms with Crippen molar-refractivity contribution in [1.29, 1.82) is 0 Å². The van der Waals surface area contributed by atoms with E-state index in [-0.39, 0.29) is 11.7 Å². The fourth-order valence-electron chi connectivity index (χ4n) is 2.58. The van der Waals surface area contributed by atoms with E-state index in [4.69, 9.17) is 0 Å². The van der Waals surface area contributed by atoms with E-state index < -0.39 is 0 Å². The highest BCUT2D eigenvalue weighted by molar-refractivity contribution is 6.05. The molecule has 0 saturated heterocycles. The summed E-state index contributed by atoms with van der Waals surface area (Å²) in [4.78, 5) is 26.1. The fourth-order valence-corrected chi connectivity index (χ4v) is 2.58. The number of hydrogen-bond donors (Lipinski definition) is 2. The number of H-pyrrole nitrogens is 1. The average molecular weight is 268 g/mol. The molecule has 2 aromatic rings. The van der Waals surface area contributed by atoms with E-state index in [2.05, 4.69) is 16.4 Å². The van der Waals surface area contributed by atoms with Gasteiger partial charge in [-0.05, 0) is 55.5 Å². The number of anilines is 1. The summed E-state index contributed by atoms with van der Waals surface area (Å²) in [6.07, 6.45) is 4.95. The summed E-state index contributed by atoms with van der Waals surface area (Å²) in [5.41, 5.74) is 4.41. The Balaban J connectivity index is 1.76. The van der Waals surface area contributed by atoms with Crippen molar-refractivity contribution in [2.75, 3.05) is 5.32 Å². The molecule has 0 saturated carbocycles. The molecule has 1 heterocycles. The summed E-state index contributed by atoms with van der Waals surface area (Å²) in [6, 6.07) is 7.62. The van der Waals surface area contributed by atoms with Crippen molar-refractivity contribution < 1.29 is 9.59 Å². The van der Waals surface area contributed by atoms with Crippen molar-refractivity contribution in [3.05, 3.63) is 52.8 Å². The van der Waals surface area contributed by atoms with Gasteiger partial charge in [0, 0.05) is 17.4 Å². The van der Waals surface area contributed by atoms with E-state index in [1.807, 2.05) is 12.1 Å². The molecule has 20 heavy (non-hydrogen) atoms. The number of ketones is 1. The average Bonchev–Trinajstić information content (AvgIpc) is 3.07. The normalized spacial score (nSPS) is 13.1. The van der Waals surface area contributed by atoms with Crippen LogP contribution in [-0.4, -0.2) is 16.7 Å². The summed E-state index contributed by atoms with van der Waals surface area (Å²) in [5.74, 6) is -0.284. The molecule has 1 aromatic heterocycles. The molecule has 4 nitrogen and oxygen atoms in total. The lowest BCUT2D eigenvalue weighted by Crippen LogP contribution is -2.12. The smallest absolute Gasteiger partial charge is 0.272 e. The van der Waals surface area contributed by atoms with E-state index in [0.29, 0.717) is 11.3 Å². The quantitative estimate of drug-likeness (QED) is 0.841. The van der Waals surface area contributed by atoms with Gasteiger partial charge in [0.05, 0.1) is 0 Å². The molecular formula is C16H16N2O2. The van der Waals surface area contributed by atoms with Crippen molar-refractivity contribution in [2.24, 2.45) is 0 Å². The Labute approximate surface area is 117 Å². The number of hydrogen-bond acceptors (Lipinski definition) is 2. The number of rotatable bonds is 3. The molecule has 0 fully saturated rings. The molecule has 1 aromatic carbocycles. The van der Waals surface area contributed by atoms with Gasteiger partial charge in [-0.25, -0.2) is 0 Å². The van der Waals surface area contributed by atoms with Crippen molar-refractivity contribution in [3.63, 3.8) is 0 Å². The number of carbonyl (C=O) groups excluding carboxylic acids is 2. The van der Waals surface area contributed by atoms with Crippen LogP contribution in [0.15, 0.2) is 30.5 Å². The minimum Gasteiger partial charge on any atom is -0.356 e. The number of nitrogens with one attached hydrogen (secondary N) is 2. The third-order valence-electron chi connectivity index (χ3n) is 3.69. The molecule has 0 unspecified atom stereocenters. The highest BCUT2D eigenvalue weighted by Crippen LogP contribution is 2.25. The number of fused-ring (bicyclic) bond motifs is 1. The van der Waals surface area contributed by atoms with E-state index in [9.17, 15) is 9.59 Å². The van der Waals surface area contributed by atoms with E-state index in [0.717, 1.165) is 18.5 Å². The second-order valence-corrected chi connectivity index (χ2v) is 5.15. The van der Waals surface area contributed by atoms with Gasteiger partial charge in [-0.2, -0.15) is 0 Å². The molecule has 1 aliphatic carbocycles. The number of benzene rings is 1. The topological polar surface area (TPSA) is 62.0 Å². The predicted octanol–water partition coefficient (Wildman–Crippen LogP) is 2.96. The summed E-state index contributed by atoms with van der Waals surface area (Å²) >= 11 is 0.